The van der Waals surface area contributed by atoms with Crippen LogP contribution in [0.25, 0.3) is 0 Å². The van der Waals surface area contributed by atoms with Crippen molar-refractivity contribution in [2.75, 3.05) is 6.61 Å². The third-order valence-corrected chi connectivity index (χ3v) is 1.21. The molecule has 0 saturated heterocycles. The van der Waals surface area contributed by atoms with Crippen LogP contribution in [0.5, 0.6) is 0 Å². The Morgan fingerprint density at radius 2 is 2.09 bits per heavy atom. The van der Waals surface area contributed by atoms with E-state index in [1.807, 2.05) is 6.92 Å². The maximum Gasteiger partial charge on any atom is 0.429 e. The fourth-order valence-electron chi connectivity index (χ4n) is 0.362. The molecule has 0 fully saturated rings. The van der Waals surface area contributed by atoms with Crippen molar-refractivity contribution in [1.82, 2.24) is 3.71 Å². The third-order valence-electron chi connectivity index (χ3n) is 0.887. The van der Waals surface area contributed by atoms with Crippen LogP contribution in [0.3, 0.4) is 0 Å². The zero-order chi connectivity index (χ0) is 7.98. The molecule has 0 aromatic heterocycles. The van der Waals surface area contributed by atoms with Crippen molar-refractivity contribution in [2.45, 2.75) is 19.8 Å². The van der Waals surface area contributed by atoms with Gasteiger partial charge < -0.3 is 4.74 Å². The van der Waals surface area contributed by atoms with Crippen molar-refractivity contribution in [2.24, 2.45) is 0 Å². The summed E-state index contributed by atoms with van der Waals surface area (Å²) in [4.78, 5) is 10.6. The summed E-state index contributed by atoms with van der Waals surface area (Å²) in [6, 6.07) is 0. The van der Waals surface area contributed by atoms with Gasteiger partial charge in [-0.2, -0.15) is 3.71 Å². The van der Waals surface area contributed by atoms with Gasteiger partial charge in [0.2, 0.25) is 0 Å². The molecule has 0 aliphatic heterocycles. The van der Waals surface area contributed by atoms with Gasteiger partial charge in [0, 0.05) is 16.5 Å². The third kappa shape index (κ3) is 8.37. The zero-order valence-electron chi connectivity index (χ0n) is 6.10. The number of hydrogen-bond donors (Lipinski definition) is 2. The molecule has 6 heteroatoms. The van der Waals surface area contributed by atoms with Gasteiger partial charge in [-0.15, -0.1) is 0 Å². The van der Waals surface area contributed by atoms with Crippen molar-refractivity contribution in [1.29, 1.82) is 0 Å². The first-order valence-corrected chi connectivity index (χ1v) is 3.83. The first-order valence-electron chi connectivity index (χ1n) is 3.03. The maximum atomic E-state index is 10.6. The Balaban J connectivity index is 0. The molecule has 0 aliphatic rings. The van der Waals surface area contributed by atoms with Crippen LogP contribution in [0.2, 0.25) is 0 Å². The molecular formula is C5H11NNiO2S2. The van der Waals surface area contributed by atoms with Gasteiger partial charge >= 0.3 is 6.09 Å². The topological polar surface area (TPSA) is 29.5 Å². The van der Waals surface area contributed by atoms with Crippen molar-refractivity contribution in [3.05, 3.63) is 0 Å². The van der Waals surface area contributed by atoms with Gasteiger partial charge in [0.1, 0.15) is 0 Å². The molecule has 0 atom stereocenters. The Hall–Kier alpha value is 0.464. The molecule has 0 N–H and O–H groups in total. The Bertz CT molecular complexity index is 113. The molecule has 0 saturated carbocycles. The van der Waals surface area contributed by atoms with E-state index in [-0.39, 0.29) is 16.5 Å². The first kappa shape index (κ1) is 14.0. The maximum absolute atomic E-state index is 10.6. The molecule has 3 nitrogen and oxygen atoms in total. The van der Waals surface area contributed by atoms with Gasteiger partial charge in [-0.1, -0.05) is 13.3 Å². The summed E-state index contributed by atoms with van der Waals surface area (Å²) in [6.07, 6.45) is 1.35. The van der Waals surface area contributed by atoms with Crippen LogP contribution in [0.1, 0.15) is 19.8 Å². The van der Waals surface area contributed by atoms with Gasteiger partial charge in [0.05, 0.1) is 6.61 Å². The van der Waals surface area contributed by atoms with E-state index in [1.54, 1.807) is 0 Å². The number of nitrogens with zero attached hydrogens (tertiary/aromatic N) is 1. The number of ether oxygens (including phenoxy) is 1. The van der Waals surface area contributed by atoms with E-state index in [2.05, 4.69) is 30.4 Å². The standard InChI is InChI=1S/C5H11NO2S2.Ni/c1-2-3-4-8-5(7)6(9)10;/h9-10H,2-4H2,1H3;. The van der Waals surface area contributed by atoms with E-state index in [1.165, 1.54) is 0 Å². The largest absolute Gasteiger partial charge is 0.448 e. The van der Waals surface area contributed by atoms with E-state index < -0.39 is 6.09 Å². The van der Waals surface area contributed by atoms with Crippen molar-refractivity contribution < 1.29 is 26.0 Å². The van der Waals surface area contributed by atoms with Gasteiger partial charge in [-0.3, -0.25) is 0 Å². The SMILES string of the molecule is CCCCOC(=O)N(S)S.[Ni]. The Labute approximate surface area is 87.9 Å². The predicted molar refractivity (Wildman–Crippen MR) is 46.1 cm³/mol. The minimum atomic E-state index is -0.528. The van der Waals surface area contributed by atoms with E-state index in [0.717, 1.165) is 16.6 Å². The molecule has 0 aliphatic carbocycles. The summed E-state index contributed by atoms with van der Waals surface area (Å²) < 4.78 is 5.49. The Morgan fingerprint density at radius 3 is 2.45 bits per heavy atom. The smallest absolute Gasteiger partial charge is 0.429 e. The molecule has 11 heavy (non-hydrogen) atoms. The molecule has 0 spiro atoms. The van der Waals surface area contributed by atoms with Crippen molar-refractivity contribution in [3.8, 4) is 0 Å². The Kier molecular flexibility index (Phi) is 10.9. The molecule has 0 bridgehead atoms. The minimum absolute atomic E-state index is 0. The van der Waals surface area contributed by atoms with Gasteiger partial charge in [-0.05, 0) is 32.1 Å². The normalized spacial score (nSPS) is 8.27. The average molecular weight is 240 g/mol. The van der Waals surface area contributed by atoms with Crippen LogP contribution in [0.15, 0.2) is 0 Å². The van der Waals surface area contributed by atoms with E-state index in [9.17, 15) is 4.79 Å². The summed E-state index contributed by atoms with van der Waals surface area (Å²) in [5.74, 6) is 0. The molecule has 0 rings (SSSR count). The molecule has 70 valence electrons. The Morgan fingerprint density at radius 1 is 1.55 bits per heavy atom. The molecule has 0 radical (unpaired) electrons. The number of carbonyl (C=O) groups excluding carboxylic acids is 1. The van der Waals surface area contributed by atoms with Crippen LogP contribution < -0.4 is 0 Å². The van der Waals surface area contributed by atoms with Crippen LogP contribution >= 0.6 is 25.6 Å². The number of thiol groups is 2. The summed E-state index contributed by atoms with van der Waals surface area (Å²) in [5, 5.41) is 0. The fraction of sp³-hybridized carbons (Fsp3) is 0.800. The quantitative estimate of drug-likeness (QED) is 0.448. The molecular weight excluding hydrogens is 229 g/mol. The number of unbranched alkanes of at least 4 members (excludes halogenated alkanes) is 1. The number of carbonyl (C=O) groups is 1. The van der Waals surface area contributed by atoms with Gasteiger partial charge in [0.25, 0.3) is 0 Å². The molecule has 0 heterocycles. The first-order chi connectivity index (χ1) is 4.68. The summed E-state index contributed by atoms with van der Waals surface area (Å²) in [6.45, 7) is 2.46. The second kappa shape index (κ2) is 8.56. The summed E-state index contributed by atoms with van der Waals surface area (Å²) >= 11 is 7.24. The van der Waals surface area contributed by atoms with Crippen LogP contribution in [-0.2, 0) is 21.2 Å². The molecule has 1 amide bonds. The van der Waals surface area contributed by atoms with E-state index >= 15 is 0 Å². The fourth-order valence-corrected chi connectivity index (χ4v) is 0.477. The summed E-state index contributed by atoms with van der Waals surface area (Å²) in [5.41, 5.74) is 0. The van der Waals surface area contributed by atoms with Crippen LogP contribution in [0.4, 0.5) is 4.79 Å². The second-order valence-electron chi connectivity index (χ2n) is 1.76. The van der Waals surface area contributed by atoms with Crippen LogP contribution in [-0.4, -0.2) is 16.4 Å². The van der Waals surface area contributed by atoms with E-state index in [4.69, 9.17) is 0 Å². The van der Waals surface area contributed by atoms with Crippen molar-refractivity contribution in [3.63, 3.8) is 0 Å². The van der Waals surface area contributed by atoms with Gasteiger partial charge in [0.15, 0.2) is 0 Å². The number of hydrogen-bond acceptors (Lipinski definition) is 4. The monoisotopic (exact) mass is 239 g/mol. The minimum Gasteiger partial charge on any atom is -0.448 e. The molecule has 0 unspecified atom stereocenters. The van der Waals surface area contributed by atoms with E-state index in [0.29, 0.717) is 6.61 Å². The second-order valence-corrected chi connectivity index (χ2v) is 2.87. The average Bonchev–Trinajstić information content (AvgIpc) is 1.88. The van der Waals surface area contributed by atoms with Crippen molar-refractivity contribution >= 4 is 31.7 Å². The zero-order valence-corrected chi connectivity index (χ0v) is 8.87. The van der Waals surface area contributed by atoms with Crippen LogP contribution in [0, 0.1) is 0 Å². The number of amides is 1. The molecule has 0 aromatic carbocycles. The summed E-state index contributed by atoms with van der Waals surface area (Å²) in [7, 11) is 0. The molecule has 0 aromatic rings. The van der Waals surface area contributed by atoms with Gasteiger partial charge in [-0.25, -0.2) is 4.79 Å². The predicted octanol–water partition coefficient (Wildman–Crippen LogP) is 1.91. The number of rotatable bonds is 3.